The van der Waals surface area contributed by atoms with Gasteiger partial charge in [-0.3, -0.25) is 19.8 Å². The molecule has 8 heteroatoms. The first-order chi connectivity index (χ1) is 12.5. The summed E-state index contributed by atoms with van der Waals surface area (Å²) in [5.74, 6) is -0.300. The average Bonchev–Trinajstić information content (AvgIpc) is 2.67. The van der Waals surface area contributed by atoms with Crippen molar-refractivity contribution in [2.45, 2.75) is 37.6 Å². The topological polar surface area (TPSA) is 111 Å². The van der Waals surface area contributed by atoms with Crippen LogP contribution in [0.3, 0.4) is 0 Å². The van der Waals surface area contributed by atoms with Crippen LogP contribution in [0.15, 0.2) is 18.2 Å². The van der Waals surface area contributed by atoms with Gasteiger partial charge in [-0.25, -0.2) is 0 Å². The van der Waals surface area contributed by atoms with E-state index in [4.69, 9.17) is 10.5 Å². The number of nitrogens with zero attached hydrogens (tertiary/aromatic N) is 2. The number of morpholine rings is 1. The van der Waals surface area contributed by atoms with Gasteiger partial charge in [0, 0.05) is 36.8 Å². The molecule has 142 valence electrons. The number of benzene rings is 1. The molecular weight excluding hydrogens is 336 g/mol. The molecule has 1 amide bonds. The Kier molecular flexibility index (Phi) is 5.73. The number of nitro groups is 1. The molecule has 0 unspecified atom stereocenters. The normalized spacial score (nSPS) is 20.5. The number of amides is 1. The van der Waals surface area contributed by atoms with Crippen LogP contribution in [0.5, 0.6) is 0 Å². The molecule has 1 saturated carbocycles. The van der Waals surface area contributed by atoms with E-state index in [0.29, 0.717) is 6.54 Å². The fourth-order valence-electron chi connectivity index (χ4n) is 4.04. The van der Waals surface area contributed by atoms with E-state index < -0.39 is 4.92 Å². The molecule has 8 nitrogen and oxygen atoms in total. The molecule has 1 saturated heterocycles. The highest BCUT2D eigenvalue weighted by Gasteiger charge is 2.38. The van der Waals surface area contributed by atoms with Crippen molar-refractivity contribution in [3.8, 4) is 0 Å². The Morgan fingerprint density at radius 1 is 1.27 bits per heavy atom. The highest BCUT2D eigenvalue weighted by molar-refractivity contribution is 5.95. The number of anilines is 1. The van der Waals surface area contributed by atoms with Gasteiger partial charge < -0.3 is 15.8 Å². The molecule has 0 atom stereocenters. The molecule has 1 aliphatic carbocycles. The number of ether oxygens (including phenoxy) is 1. The number of carbonyl (C=O) groups excluding carboxylic acids is 1. The van der Waals surface area contributed by atoms with Gasteiger partial charge in [-0.2, -0.15) is 0 Å². The Bertz CT molecular complexity index is 667. The molecule has 0 spiro atoms. The summed E-state index contributed by atoms with van der Waals surface area (Å²) in [6.45, 7) is 3.75. The summed E-state index contributed by atoms with van der Waals surface area (Å²) in [6.07, 6.45) is 5.63. The van der Waals surface area contributed by atoms with Crippen LogP contribution in [-0.2, 0) is 4.74 Å². The standard InChI is InChI=1S/C18H26N4O4/c19-15-5-4-14(12-16(15)22(24)25)17(23)20-13-18(6-2-1-3-7-18)21-8-10-26-11-9-21/h4-5,12H,1-3,6-11,13,19H2,(H,20,23). The smallest absolute Gasteiger partial charge is 0.292 e. The van der Waals surface area contributed by atoms with Crippen molar-refractivity contribution in [1.29, 1.82) is 0 Å². The van der Waals surface area contributed by atoms with Crippen molar-refractivity contribution in [2.24, 2.45) is 0 Å². The van der Waals surface area contributed by atoms with Crippen LogP contribution in [0.2, 0.25) is 0 Å². The summed E-state index contributed by atoms with van der Waals surface area (Å²) >= 11 is 0. The van der Waals surface area contributed by atoms with Gasteiger partial charge in [-0.05, 0) is 25.0 Å². The van der Waals surface area contributed by atoms with Gasteiger partial charge in [0.15, 0.2) is 0 Å². The zero-order valence-corrected chi connectivity index (χ0v) is 14.9. The maximum Gasteiger partial charge on any atom is 0.292 e. The molecular formula is C18H26N4O4. The number of hydrogen-bond acceptors (Lipinski definition) is 6. The van der Waals surface area contributed by atoms with Gasteiger partial charge in [0.05, 0.1) is 18.1 Å². The fraction of sp³-hybridized carbons (Fsp3) is 0.611. The maximum absolute atomic E-state index is 12.6. The Hall–Kier alpha value is -2.19. The van der Waals surface area contributed by atoms with E-state index in [2.05, 4.69) is 10.2 Å². The van der Waals surface area contributed by atoms with Crippen LogP contribution in [0.25, 0.3) is 0 Å². The van der Waals surface area contributed by atoms with E-state index in [1.807, 2.05) is 0 Å². The van der Waals surface area contributed by atoms with E-state index in [1.54, 1.807) is 0 Å². The molecule has 1 aromatic rings. The number of nitrogen functional groups attached to an aromatic ring is 1. The largest absolute Gasteiger partial charge is 0.393 e. The lowest BCUT2D eigenvalue weighted by atomic mass is 9.79. The van der Waals surface area contributed by atoms with Gasteiger partial charge in [0.2, 0.25) is 0 Å². The highest BCUT2D eigenvalue weighted by atomic mass is 16.6. The molecule has 0 bridgehead atoms. The minimum atomic E-state index is -0.567. The summed E-state index contributed by atoms with van der Waals surface area (Å²) < 4.78 is 5.47. The molecule has 2 fully saturated rings. The van der Waals surface area contributed by atoms with Gasteiger partial charge in [0.25, 0.3) is 11.6 Å². The van der Waals surface area contributed by atoms with Crippen LogP contribution < -0.4 is 11.1 Å². The summed E-state index contributed by atoms with van der Waals surface area (Å²) in [4.78, 5) is 25.5. The van der Waals surface area contributed by atoms with Gasteiger partial charge in [-0.15, -0.1) is 0 Å². The van der Waals surface area contributed by atoms with Crippen LogP contribution in [0.1, 0.15) is 42.5 Å². The predicted molar refractivity (Wildman–Crippen MR) is 98.1 cm³/mol. The number of nitrogens with one attached hydrogen (secondary N) is 1. The number of rotatable bonds is 5. The SMILES string of the molecule is Nc1ccc(C(=O)NCC2(N3CCOCC3)CCCCC2)cc1[N+](=O)[O-]. The van der Waals surface area contributed by atoms with Crippen LogP contribution >= 0.6 is 0 Å². The van der Waals surface area contributed by atoms with Crippen molar-refractivity contribution in [3.63, 3.8) is 0 Å². The van der Waals surface area contributed by atoms with E-state index in [-0.39, 0.29) is 28.4 Å². The average molecular weight is 362 g/mol. The number of nitrogens with two attached hydrogens (primary N) is 1. The quantitative estimate of drug-likeness (QED) is 0.470. The van der Waals surface area contributed by atoms with Crippen molar-refractivity contribution in [2.75, 3.05) is 38.6 Å². The molecule has 3 N–H and O–H groups in total. The van der Waals surface area contributed by atoms with Crippen LogP contribution in [0, 0.1) is 10.1 Å². The zero-order valence-electron chi connectivity index (χ0n) is 14.9. The van der Waals surface area contributed by atoms with Gasteiger partial charge in [-0.1, -0.05) is 19.3 Å². The highest BCUT2D eigenvalue weighted by Crippen LogP contribution is 2.34. The zero-order chi connectivity index (χ0) is 18.6. The maximum atomic E-state index is 12.6. The molecule has 1 aliphatic heterocycles. The second-order valence-corrected chi connectivity index (χ2v) is 7.10. The first kappa shape index (κ1) is 18.6. The lowest BCUT2D eigenvalue weighted by Gasteiger charge is -2.48. The first-order valence-electron chi connectivity index (χ1n) is 9.17. The van der Waals surface area contributed by atoms with Crippen molar-refractivity contribution in [1.82, 2.24) is 10.2 Å². The number of hydrogen-bond donors (Lipinski definition) is 2. The molecule has 0 radical (unpaired) electrons. The summed E-state index contributed by atoms with van der Waals surface area (Å²) in [7, 11) is 0. The third-order valence-corrected chi connectivity index (χ3v) is 5.53. The molecule has 1 heterocycles. The third-order valence-electron chi connectivity index (χ3n) is 5.53. The van der Waals surface area contributed by atoms with E-state index in [9.17, 15) is 14.9 Å². The summed E-state index contributed by atoms with van der Waals surface area (Å²) in [5.41, 5.74) is 5.65. The minimum Gasteiger partial charge on any atom is -0.393 e. The summed E-state index contributed by atoms with van der Waals surface area (Å²) in [5, 5.41) is 14.0. The number of carbonyl (C=O) groups is 1. The van der Waals surface area contributed by atoms with Crippen molar-refractivity contribution in [3.05, 3.63) is 33.9 Å². The van der Waals surface area contributed by atoms with E-state index in [0.717, 1.165) is 52.0 Å². The Morgan fingerprint density at radius 3 is 2.62 bits per heavy atom. The number of nitro benzene ring substituents is 1. The molecule has 2 aliphatic rings. The Labute approximate surface area is 152 Å². The monoisotopic (exact) mass is 362 g/mol. The second-order valence-electron chi connectivity index (χ2n) is 7.10. The van der Waals surface area contributed by atoms with Crippen molar-refractivity contribution < 1.29 is 14.5 Å². The van der Waals surface area contributed by atoms with Gasteiger partial charge >= 0.3 is 0 Å². The lowest BCUT2D eigenvalue weighted by Crippen LogP contribution is -2.59. The minimum absolute atomic E-state index is 0.0442. The van der Waals surface area contributed by atoms with Crippen molar-refractivity contribution >= 4 is 17.3 Å². The third kappa shape index (κ3) is 3.96. The Morgan fingerprint density at radius 2 is 1.96 bits per heavy atom. The molecule has 0 aromatic heterocycles. The molecule has 1 aromatic carbocycles. The molecule has 3 rings (SSSR count). The van der Waals surface area contributed by atoms with E-state index in [1.165, 1.54) is 24.6 Å². The van der Waals surface area contributed by atoms with Crippen LogP contribution in [0.4, 0.5) is 11.4 Å². The Balaban J connectivity index is 1.71. The lowest BCUT2D eigenvalue weighted by molar-refractivity contribution is -0.383. The first-order valence-corrected chi connectivity index (χ1v) is 9.17. The molecule has 26 heavy (non-hydrogen) atoms. The summed E-state index contributed by atoms with van der Waals surface area (Å²) in [6, 6.07) is 4.18. The van der Waals surface area contributed by atoms with Crippen LogP contribution in [-0.4, -0.2) is 54.1 Å². The van der Waals surface area contributed by atoms with E-state index >= 15 is 0 Å². The second kappa shape index (κ2) is 8.01. The van der Waals surface area contributed by atoms with Gasteiger partial charge in [0.1, 0.15) is 5.69 Å². The fourth-order valence-corrected chi connectivity index (χ4v) is 4.04. The predicted octanol–water partition coefficient (Wildman–Crippen LogP) is 1.94.